The first-order chi connectivity index (χ1) is 32.7. The van der Waals surface area contributed by atoms with Crippen LogP contribution in [0.25, 0.3) is 0 Å². The van der Waals surface area contributed by atoms with Gasteiger partial charge in [-0.15, -0.1) is 0 Å². The second-order valence-corrected chi connectivity index (χ2v) is 21.0. The predicted octanol–water partition coefficient (Wildman–Crippen LogP) is 1.70. The van der Waals surface area contributed by atoms with Gasteiger partial charge >= 0.3 is 0 Å². The van der Waals surface area contributed by atoms with Crippen LogP contribution >= 0.6 is 0 Å². The molecule has 2 fully saturated rings. The summed E-state index contributed by atoms with van der Waals surface area (Å²) in [5.41, 5.74) is 0.674. The van der Waals surface area contributed by atoms with E-state index in [2.05, 4.69) is 21.3 Å². The summed E-state index contributed by atoms with van der Waals surface area (Å²) in [6.45, 7) is 16.3. The van der Waals surface area contributed by atoms with Crippen molar-refractivity contribution < 1.29 is 48.3 Å². The molecule has 1 aromatic carbocycles. The van der Waals surface area contributed by atoms with Crippen LogP contribution in [0.1, 0.15) is 113 Å². The molecule has 2 aliphatic rings. The normalized spacial score (nSPS) is 25.7. The summed E-state index contributed by atoms with van der Waals surface area (Å²) in [6, 6.07) is -0.0524. The van der Waals surface area contributed by atoms with Gasteiger partial charge in [0.25, 0.3) is 0 Å². The molecule has 3 rings (SSSR count). The van der Waals surface area contributed by atoms with Crippen LogP contribution in [-0.4, -0.2) is 179 Å². The molecule has 0 aromatic heterocycles. The third-order valence-electron chi connectivity index (χ3n) is 13.1. The summed E-state index contributed by atoms with van der Waals surface area (Å²) in [4.78, 5) is 136. The van der Waals surface area contributed by atoms with Gasteiger partial charge in [-0.25, -0.2) is 0 Å². The van der Waals surface area contributed by atoms with E-state index in [1.54, 1.807) is 49.1 Å². The molecule has 0 unspecified atom stereocenters. The molecule has 8 atom stereocenters. The molecular weight excluding hydrogens is 899 g/mol. The van der Waals surface area contributed by atoms with Gasteiger partial charge in [-0.05, 0) is 74.7 Å². The second kappa shape index (κ2) is 27.1. The van der Waals surface area contributed by atoms with E-state index in [0.717, 1.165) is 24.2 Å². The van der Waals surface area contributed by atoms with Gasteiger partial charge in [0.1, 0.15) is 42.3 Å². The first kappa shape index (κ1) is 58.7. The Morgan fingerprint density at radius 2 is 1.13 bits per heavy atom. The number of rotatable bonds is 11. The van der Waals surface area contributed by atoms with Gasteiger partial charge < -0.3 is 50.9 Å². The Labute approximate surface area is 415 Å². The molecule has 0 bridgehead atoms. The van der Waals surface area contributed by atoms with Gasteiger partial charge in [0, 0.05) is 47.7 Å². The van der Waals surface area contributed by atoms with Gasteiger partial charge in [0.05, 0.1) is 19.1 Å². The number of piperidine rings is 1. The van der Waals surface area contributed by atoms with E-state index in [0.29, 0.717) is 18.7 Å². The third kappa shape index (κ3) is 16.8. The van der Waals surface area contributed by atoms with Crippen molar-refractivity contribution in [3.8, 4) is 0 Å². The Kier molecular flexibility index (Phi) is 22.8. The number of carbonyl (C=O) groups is 9. The summed E-state index contributed by atoms with van der Waals surface area (Å²) >= 11 is 0. The smallest absolute Gasteiger partial charge is 0.248 e. The molecule has 0 radical (unpaired) electrons. The molecule has 0 aliphatic carbocycles. The van der Waals surface area contributed by atoms with Gasteiger partial charge in [0.15, 0.2) is 0 Å². The highest BCUT2D eigenvalue weighted by molar-refractivity contribution is 5.99. The van der Waals surface area contributed by atoms with Crippen molar-refractivity contribution in [2.75, 3.05) is 47.8 Å². The zero-order valence-corrected chi connectivity index (χ0v) is 44.0. The largest absolute Gasteiger partial charge is 0.391 e. The first-order valence-corrected chi connectivity index (χ1v) is 25.0. The number of nitrogens with zero attached hydrogens (tertiary/aromatic N) is 5. The van der Waals surface area contributed by atoms with Crippen LogP contribution in [0.2, 0.25) is 0 Å². The lowest BCUT2D eigenvalue weighted by atomic mass is 9.97. The number of aliphatic hydroxyl groups is 1. The molecule has 0 spiro atoms. The summed E-state index contributed by atoms with van der Waals surface area (Å²) in [5.74, 6) is -6.94. The summed E-state index contributed by atoms with van der Waals surface area (Å²) in [6.07, 6.45) is 0.761. The fourth-order valence-electron chi connectivity index (χ4n) is 8.92. The summed E-state index contributed by atoms with van der Waals surface area (Å²) in [5, 5.41) is 22.1. The monoisotopic (exact) mass is 982 g/mol. The second-order valence-electron chi connectivity index (χ2n) is 21.0. The lowest BCUT2D eigenvalue weighted by molar-refractivity contribution is -0.150. The van der Waals surface area contributed by atoms with Crippen molar-refractivity contribution in [2.45, 2.75) is 162 Å². The number of aliphatic hydroxyl groups excluding tert-OH is 1. The van der Waals surface area contributed by atoms with E-state index < -0.39 is 120 Å². The van der Waals surface area contributed by atoms with Crippen molar-refractivity contribution in [1.29, 1.82) is 0 Å². The van der Waals surface area contributed by atoms with E-state index in [-0.39, 0.29) is 43.4 Å². The minimum absolute atomic E-state index is 0.0131. The van der Waals surface area contributed by atoms with E-state index in [9.17, 15) is 48.3 Å². The fourth-order valence-corrected chi connectivity index (χ4v) is 8.92. The third-order valence-corrected chi connectivity index (χ3v) is 13.1. The highest BCUT2D eigenvalue weighted by atomic mass is 16.3. The van der Waals surface area contributed by atoms with Crippen LogP contribution < -0.4 is 21.3 Å². The Morgan fingerprint density at radius 1 is 0.600 bits per heavy atom. The maximum Gasteiger partial charge on any atom is 0.248 e. The van der Waals surface area contributed by atoms with Crippen molar-refractivity contribution in [1.82, 2.24) is 45.8 Å². The molecule has 19 heteroatoms. The Hall–Kier alpha value is -5.59. The van der Waals surface area contributed by atoms with Crippen LogP contribution in [-0.2, 0) is 49.6 Å². The summed E-state index contributed by atoms with van der Waals surface area (Å²) in [7, 11) is 5.65. The predicted molar refractivity (Wildman–Crippen MR) is 265 cm³/mol. The zero-order chi connectivity index (χ0) is 52.7. The number of hydrogen-bond acceptors (Lipinski definition) is 10. The average Bonchev–Trinajstić information content (AvgIpc) is 3.30. The van der Waals surface area contributed by atoms with Gasteiger partial charge in [-0.1, -0.05) is 85.7 Å². The number of amides is 9. The lowest BCUT2D eigenvalue weighted by Gasteiger charge is -2.36. The topological polar surface area (TPSA) is 238 Å². The van der Waals surface area contributed by atoms with E-state index >= 15 is 0 Å². The van der Waals surface area contributed by atoms with Crippen LogP contribution in [0.15, 0.2) is 30.3 Å². The van der Waals surface area contributed by atoms with Crippen molar-refractivity contribution >= 4 is 53.2 Å². The minimum atomic E-state index is -1.59. The van der Waals surface area contributed by atoms with Gasteiger partial charge in [0.2, 0.25) is 53.2 Å². The van der Waals surface area contributed by atoms with E-state index in [1.807, 2.05) is 41.5 Å². The molecule has 70 heavy (non-hydrogen) atoms. The molecule has 0 saturated carbocycles. The lowest BCUT2D eigenvalue weighted by Crippen LogP contribution is -2.62. The van der Waals surface area contributed by atoms with Crippen molar-refractivity contribution in [3.63, 3.8) is 0 Å². The zero-order valence-electron chi connectivity index (χ0n) is 44.0. The van der Waals surface area contributed by atoms with Crippen LogP contribution in [0.3, 0.4) is 0 Å². The molecule has 2 heterocycles. The van der Waals surface area contributed by atoms with Crippen LogP contribution in [0.5, 0.6) is 0 Å². The van der Waals surface area contributed by atoms with Gasteiger partial charge in [-0.3, -0.25) is 43.2 Å². The molecular formula is C51H83N9O10. The number of hydrogen-bond donors (Lipinski definition) is 5. The molecule has 5 N–H and O–H groups in total. The molecule has 392 valence electrons. The van der Waals surface area contributed by atoms with E-state index in [4.69, 9.17) is 0 Å². The van der Waals surface area contributed by atoms with Gasteiger partial charge in [-0.2, -0.15) is 0 Å². The molecule has 1 aromatic rings. The number of likely N-dealkylation sites (tertiary alicyclic amines) is 1. The number of benzene rings is 1. The SMILES string of the molecule is CC(C)C[C@@H]1NC(=O)[C@H](CC(C)C)N(C)C(=O)[C@H]([C@@H](C)O)NC(=O)[C@H](Cc2ccccc2)N(C)C(=O)CN(C)C(=O)[C@H](CC(C)C)N(C)C(=O)[C@@H](C(C)C)NC(=O)C[C@@H](C(=O)N2CCCCC2)NC1=O. The highest BCUT2D eigenvalue weighted by Gasteiger charge is 2.41. The molecule has 9 amide bonds. The Balaban J connectivity index is 2.24. The van der Waals surface area contributed by atoms with E-state index in [1.165, 1.54) is 49.8 Å². The maximum atomic E-state index is 14.5. The van der Waals surface area contributed by atoms with Crippen molar-refractivity contribution in [2.24, 2.45) is 23.7 Å². The maximum absolute atomic E-state index is 14.5. The standard InChI is InChI=1S/C51H83N9O10/c1-30(2)24-36-45(64)53-37(48(67)60-22-18-15-19-23-60)28-41(62)54-43(33(7)8)50(69)59(13)40(26-32(5)6)49(68)56(10)29-42(63)57(11)39(27-35-20-16-14-17-21-35)47(66)55-44(34(9)61)51(70)58(12)38(25-31(3)4)46(65)52-36/h14,16-17,20-21,30-34,36-40,43-44,61H,15,18-19,22-29H2,1-13H3,(H,52,65)(H,53,64)(H,54,62)(H,55,66)/t34-,36+,37+,38+,39+,40+,43-,44+/m1/s1. The molecule has 2 saturated heterocycles. The molecule has 19 nitrogen and oxygen atoms in total. The molecule has 2 aliphatic heterocycles. The number of carbonyl (C=O) groups excluding carboxylic acids is 9. The fraction of sp³-hybridized carbons (Fsp3) is 0.706. The van der Waals surface area contributed by atoms with Crippen molar-refractivity contribution in [3.05, 3.63) is 35.9 Å². The first-order valence-electron chi connectivity index (χ1n) is 25.0. The minimum Gasteiger partial charge on any atom is -0.391 e. The number of nitrogens with one attached hydrogen (secondary N) is 4. The number of likely N-dealkylation sites (N-methyl/N-ethyl adjacent to an activating group) is 4. The Bertz CT molecular complexity index is 1970. The summed E-state index contributed by atoms with van der Waals surface area (Å²) < 4.78 is 0. The van der Waals surface area contributed by atoms with Crippen LogP contribution in [0, 0.1) is 23.7 Å². The van der Waals surface area contributed by atoms with Crippen LogP contribution in [0.4, 0.5) is 0 Å². The Morgan fingerprint density at radius 3 is 1.67 bits per heavy atom. The highest BCUT2D eigenvalue weighted by Crippen LogP contribution is 2.20. The quantitative estimate of drug-likeness (QED) is 0.215. The average molecular weight is 982 g/mol.